The molecule has 0 saturated heterocycles. The Balaban J connectivity index is 2.20. The predicted octanol–water partition coefficient (Wildman–Crippen LogP) is 2.93. The maximum Gasteiger partial charge on any atom is 0.330 e. The molecule has 1 amide bonds. The fourth-order valence-electron chi connectivity index (χ4n) is 3.97. The first-order chi connectivity index (χ1) is 11.5. The van der Waals surface area contributed by atoms with Gasteiger partial charge in [-0.1, -0.05) is 31.5 Å². The van der Waals surface area contributed by atoms with Gasteiger partial charge in [-0.15, -0.1) is 0 Å². The highest BCUT2D eigenvalue weighted by molar-refractivity contribution is 5.90. The lowest BCUT2D eigenvalue weighted by atomic mass is 9.54. The number of carbonyl (C=O) groups excluding carboxylic acids is 1. The Kier molecular flexibility index (Phi) is 5.28. The SMILES string of the molecule is CCOC1CC(NC(=O)Cc2c(C)cc(C)cc2C)(C(=O)O)C1(C)C. The molecule has 2 atom stereocenters. The second-order valence-corrected chi connectivity index (χ2v) is 7.68. The summed E-state index contributed by atoms with van der Waals surface area (Å²) in [7, 11) is 0. The van der Waals surface area contributed by atoms with Crippen molar-refractivity contribution < 1.29 is 19.4 Å². The van der Waals surface area contributed by atoms with E-state index in [2.05, 4.69) is 5.32 Å². The quantitative estimate of drug-likeness (QED) is 0.830. The van der Waals surface area contributed by atoms with Crippen LogP contribution < -0.4 is 5.32 Å². The summed E-state index contributed by atoms with van der Waals surface area (Å²) in [6.07, 6.45) is 0.306. The molecule has 5 nitrogen and oxygen atoms in total. The van der Waals surface area contributed by atoms with Gasteiger partial charge in [-0.3, -0.25) is 4.79 Å². The Morgan fingerprint density at radius 2 is 1.80 bits per heavy atom. The van der Waals surface area contributed by atoms with Gasteiger partial charge in [-0.05, 0) is 44.4 Å². The minimum absolute atomic E-state index is 0.170. The number of amides is 1. The van der Waals surface area contributed by atoms with E-state index in [9.17, 15) is 14.7 Å². The fraction of sp³-hybridized carbons (Fsp3) is 0.600. The molecule has 5 heteroatoms. The van der Waals surface area contributed by atoms with E-state index in [1.807, 2.05) is 53.7 Å². The molecule has 0 bridgehead atoms. The van der Waals surface area contributed by atoms with Crippen molar-refractivity contribution >= 4 is 11.9 Å². The second-order valence-electron chi connectivity index (χ2n) is 7.68. The summed E-state index contributed by atoms with van der Waals surface area (Å²) < 4.78 is 5.64. The Morgan fingerprint density at radius 3 is 2.24 bits per heavy atom. The van der Waals surface area contributed by atoms with E-state index >= 15 is 0 Å². The molecule has 0 aliphatic heterocycles. The number of aryl methyl sites for hydroxylation is 3. The number of hydrogen-bond acceptors (Lipinski definition) is 3. The minimum Gasteiger partial charge on any atom is -0.479 e. The average molecular weight is 347 g/mol. The molecular formula is C20H29NO4. The Morgan fingerprint density at radius 1 is 1.24 bits per heavy atom. The highest BCUT2D eigenvalue weighted by Gasteiger charge is 2.66. The minimum atomic E-state index is -1.28. The summed E-state index contributed by atoms with van der Waals surface area (Å²) in [6.45, 7) is 12.1. The number of carboxylic acid groups (broad SMARTS) is 1. The van der Waals surface area contributed by atoms with E-state index in [0.29, 0.717) is 13.0 Å². The van der Waals surface area contributed by atoms with Gasteiger partial charge in [0.2, 0.25) is 5.91 Å². The van der Waals surface area contributed by atoms with Crippen LogP contribution in [0.4, 0.5) is 0 Å². The normalized spacial score (nSPS) is 24.5. The maximum atomic E-state index is 12.7. The molecule has 1 aromatic carbocycles. The molecule has 25 heavy (non-hydrogen) atoms. The van der Waals surface area contributed by atoms with Crippen LogP contribution >= 0.6 is 0 Å². The van der Waals surface area contributed by atoms with Crippen molar-refractivity contribution in [3.63, 3.8) is 0 Å². The molecule has 1 aromatic rings. The summed E-state index contributed by atoms with van der Waals surface area (Å²) >= 11 is 0. The van der Waals surface area contributed by atoms with Crippen molar-refractivity contribution in [3.05, 3.63) is 34.4 Å². The zero-order valence-corrected chi connectivity index (χ0v) is 16.0. The van der Waals surface area contributed by atoms with Gasteiger partial charge < -0.3 is 15.2 Å². The van der Waals surface area contributed by atoms with Crippen LogP contribution in [0.3, 0.4) is 0 Å². The third kappa shape index (κ3) is 3.30. The Hall–Kier alpha value is -1.88. The van der Waals surface area contributed by atoms with E-state index in [-0.39, 0.29) is 18.4 Å². The van der Waals surface area contributed by atoms with Crippen molar-refractivity contribution in [2.75, 3.05) is 6.61 Å². The number of nitrogens with one attached hydrogen (secondary N) is 1. The van der Waals surface area contributed by atoms with E-state index in [1.165, 1.54) is 0 Å². The third-order valence-electron chi connectivity index (χ3n) is 5.66. The lowest BCUT2D eigenvalue weighted by Gasteiger charge is -2.58. The van der Waals surface area contributed by atoms with Crippen molar-refractivity contribution in [1.82, 2.24) is 5.32 Å². The molecule has 138 valence electrons. The number of hydrogen-bond donors (Lipinski definition) is 2. The molecular weight excluding hydrogens is 318 g/mol. The molecule has 0 heterocycles. The van der Waals surface area contributed by atoms with Crippen LogP contribution in [0.25, 0.3) is 0 Å². The van der Waals surface area contributed by atoms with Gasteiger partial charge in [0.25, 0.3) is 0 Å². The van der Waals surface area contributed by atoms with Gasteiger partial charge in [-0.25, -0.2) is 4.79 Å². The van der Waals surface area contributed by atoms with E-state index in [0.717, 1.165) is 22.3 Å². The lowest BCUT2D eigenvalue weighted by molar-refractivity contribution is -0.194. The van der Waals surface area contributed by atoms with Crippen LogP contribution in [0.1, 0.15) is 49.4 Å². The number of rotatable bonds is 6. The third-order valence-corrected chi connectivity index (χ3v) is 5.66. The monoisotopic (exact) mass is 347 g/mol. The van der Waals surface area contributed by atoms with Crippen molar-refractivity contribution in [3.8, 4) is 0 Å². The topological polar surface area (TPSA) is 75.6 Å². The molecule has 1 fully saturated rings. The maximum absolute atomic E-state index is 12.7. The van der Waals surface area contributed by atoms with Crippen LogP contribution in [-0.4, -0.2) is 35.2 Å². The van der Waals surface area contributed by atoms with Crippen molar-refractivity contribution in [2.24, 2.45) is 5.41 Å². The van der Waals surface area contributed by atoms with Crippen LogP contribution in [0.5, 0.6) is 0 Å². The van der Waals surface area contributed by atoms with Crippen LogP contribution in [0.2, 0.25) is 0 Å². The highest BCUT2D eigenvalue weighted by atomic mass is 16.5. The second kappa shape index (κ2) is 6.79. The van der Waals surface area contributed by atoms with Gasteiger partial charge in [0, 0.05) is 18.4 Å². The summed E-state index contributed by atoms with van der Waals surface area (Å²) in [5.74, 6) is -1.26. The summed E-state index contributed by atoms with van der Waals surface area (Å²) in [5.41, 5.74) is 2.27. The molecule has 2 rings (SSSR count). The van der Waals surface area contributed by atoms with E-state index in [4.69, 9.17) is 4.74 Å². The van der Waals surface area contributed by atoms with Gasteiger partial charge in [-0.2, -0.15) is 0 Å². The number of aliphatic carboxylic acids is 1. The summed E-state index contributed by atoms with van der Waals surface area (Å²) in [6, 6.07) is 4.09. The Bertz CT molecular complexity index is 672. The first-order valence-electron chi connectivity index (χ1n) is 8.78. The zero-order valence-electron chi connectivity index (χ0n) is 16.0. The summed E-state index contributed by atoms with van der Waals surface area (Å²) in [5, 5.41) is 12.6. The molecule has 0 spiro atoms. The van der Waals surface area contributed by atoms with Gasteiger partial charge in [0.05, 0.1) is 12.5 Å². The fourth-order valence-corrected chi connectivity index (χ4v) is 3.97. The number of ether oxygens (including phenoxy) is 1. The molecule has 0 aromatic heterocycles. The number of carbonyl (C=O) groups is 2. The lowest BCUT2D eigenvalue weighted by Crippen LogP contribution is -2.76. The largest absolute Gasteiger partial charge is 0.479 e. The molecule has 1 aliphatic rings. The van der Waals surface area contributed by atoms with Crippen LogP contribution in [-0.2, 0) is 20.7 Å². The molecule has 1 aliphatic carbocycles. The molecule has 2 N–H and O–H groups in total. The van der Waals surface area contributed by atoms with Crippen LogP contribution in [0, 0.1) is 26.2 Å². The number of benzene rings is 1. The number of carboxylic acids is 1. The first-order valence-corrected chi connectivity index (χ1v) is 8.78. The Labute approximate surface area is 149 Å². The predicted molar refractivity (Wildman–Crippen MR) is 96.7 cm³/mol. The van der Waals surface area contributed by atoms with Crippen molar-refractivity contribution in [2.45, 2.75) is 66.0 Å². The standard InChI is InChI=1S/C20H29NO4/c1-7-25-16-11-20(18(23)24,19(16,5)6)21-17(22)10-15-13(3)8-12(2)9-14(15)4/h8-9,16H,7,10-11H2,1-6H3,(H,21,22)(H,23,24). The van der Waals surface area contributed by atoms with Gasteiger partial charge in [0.1, 0.15) is 5.54 Å². The molecule has 1 saturated carbocycles. The summed E-state index contributed by atoms with van der Waals surface area (Å²) in [4.78, 5) is 24.6. The molecule has 0 radical (unpaired) electrons. The van der Waals surface area contributed by atoms with Gasteiger partial charge in [0.15, 0.2) is 0 Å². The van der Waals surface area contributed by atoms with Gasteiger partial charge >= 0.3 is 5.97 Å². The van der Waals surface area contributed by atoms with E-state index in [1.54, 1.807) is 0 Å². The smallest absolute Gasteiger partial charge is 0.330 e. The zero-order chi connectivity index (χ0) is 19.0. The molecule has 2 unspecified atom stereocenters. The average Bonchev–Trinajstić information content (AvgIpc) is 2.49. The highest BCUT2D eigenvalue weighted by Crippen LogP contribution is 2.51. The van der Waals surface area contributed by atoms with Crippen molar-refractivity contribution in [1.29, 1.82) is 0 Å². The van der Waals surface area contributed by atoms with E-state index < -0.39 is 16.9 Å². The first kappa shape index (κ1) is 19.4. The van der Waals surface area contributed by atoms with Crippen LogP contribution in [0.15, 0.2) is 12.1 Å².